The van der Waals surface area contributed by atoms with E-state index in [9.17, 15) is 9.18 Å². The number of ether oxygens (including phenoxy) is 1. The van der Waals surface area contributed by atoms with Crippen LogP contribution in [0.5, 0.6) is 0 Å². The third kappa shape index (κ3) is 1.71. The molecule has 1 aromatic carbocycles. The maximum atomic E-state index is 13.8. The van der Waals surface area contributed by atoms with Crippen LogP contribution in [0.2, 0.25) is 0 Å². The quantitative estimate of drug-likeness (QED) is 0.743. The summed E-state index contributed by atoms with van der Waals surface area (Å²) >= 11 is 3.08. The Kier molecular flexibility index (Phi) is 2.71. The average Bonchev–Trinajstić information content (AvgIpc) is 2.49. The van der Waals surface area contributed by atoms with E-state index in [0.29, 0.717) is 4.47 Å². The first-order valence-electron chi connectivity index (χ1n) is 4.59. The van der Waals surface area contributed by atoms with Crippen molar-refractivity contribution in [1.82, 2.24) is 4.90 Å². The van der Waals surface area contributed by atoms with Gasteiger partial charge in [-0.25, -0.2) is 9.18 Å². The summed E-state index contributed by atoms with van der Waals surface area (Å²) in [5.41, 5.74) is 0.474. The Bertz CT molecular complexity index is 497. The van der Waals surface area contributed by atoms with Gasteiger partial charge in [0.2, 0.25) is 0 Å². The second-order valence-electron chi connectivity index (χ2n) is 3.63. The molecule has 2 rings (SSSR count). The van der Waals surface area contributed by atoms with Crippen molar-refractivity contribution in [2.75, 3.05) is 14.1 Å². The van der Waals surface area contributed by atoms with Crippen LogP contribution in [0.1, 0.15) is 15.9 Å². The van der Waals surface area contributed by atoms with Crippen LogP contribution < -0.4 is 0 Å². The van der Waals surface area contributed by atoms with Gasteiger partial charge in [-0.15, -0.1) is 0 Å². The van der Waals surface area contributed by atoms with Crippen LogP contribution in [0.25, 0.3) is 5.76 Å². The molecule has 0 fully saturated rings. The summed E-state index contributed by atoms with van der Waals surface area (Å²) in [7, 11) is 3.55. The van der Waals surface area contributed by atoms with Crippen molar-refractivity contribution in [1.29, 1.82) is 0 Å². The first kappa shape index (κ1) is 11.1. The second kappa shape index (κ2) is 3.90. The van der Waals surface area contributed by atoms with E-state index in [1.54, 1.807) is 31.3 Å². The second-order valence-corrected chi connectivity index (χ2v) is 4.48. The summed E-state index contributed by atoms with van der Waals surface area (Å²) < 4.78 is 19.2. The maximum absolute atomic E-state index is 13.8. The van der Waals surface area contributed by atoms with E-state index in [-0.39, 0.29) is 16.9 Å². The fourth-order valence-corrected chi connectivity index (χ4v) is 1.82. The molecule has 0 bridgehead atoms. The van der Waals surface area contributed by atoms with Gasteiger partial charge in [0.1, 0.15) is 5.82 Å². The SMILES string of the molecule is CN(C)/C=C1\OC(=O)c2ccc(Br)c(F)c21. The zero-order valence-electron chi connectivity index (χ0n) is 8.75. The van der Waals surface area contributed by atoms with Crippen molar-refractivity contribution in [3.05, 3.63) is 39.7 Å². The summed E-state index contributed by atoms with van der Waals surface area (Å²) in [6, 6.07) is 3.04. The standard InChI is InChI=1S/C11H9BrFNO2/c1-14(2)5-8-9-6(11(15)16-8)3-4-7(12)10(9)13/h3-5H,1-2H3/b8-5-. The summed E-state index contributed by atoms with van der Waals surface area (Å²) in [5, 5.41) is 0. The highest BCUT2D eigenvalue weighted by Gasteiger charge is 2.30. The molecule has 0 aliphatic carbocycles. The van der Waals surface area contributed by atoms with Crippen LogP contribution in [0.3, 0.4) is 0 Å². The van der Waals surface area contributed by atoms with E-state index in [4.69, 9.17) is 4.74 Å². The van der Waals surface area contributed by atoms with Gasteiger partial charge in [0.15, 0.2) is 5.76 Å². The number of carbonyl (C=O) groups excluding carboxylic acids is 1. The molecule has 0 aromatic heterocycles. The van der Waals surface area contributed by atoms with Crippen LogP contribution in [0.4, 0.5) is 4.39 Å². The molecule has 84 valence electrons. The highest BCUT2D eigenvalue weighted by Crippen LogP contribution is 2.35. The van der Waals surface area contributed by atoms with Crippen LogP contribution in [-0.2, 0) is 4.74 Å². The van der Waals surface area contributed by atoms with E-state index < -0.39 is 11.8 Å². The van der Waals surface area contributed by atoms with Crippen molar-refractivity contribution in [3.8, 4) is 0 Å². The lowest BCUT2D eigenvalue weighted by atomic mass is 10.1. The molecular formula is C11H9BrFNO2. The van der Waals surface area contributed by atoms with Gasteiger partial charge >= 0.3 is 5.97 Å². The number of nitrogens with zero attached hydrogens (tertiary/aromatic N) is 1. The molecule has 0 saturated heterocycles. The van der Waals surface area contributed by atoms with Gasteiger partial charge in [-0.3, -0.25) is 0 Å². The van der Waals surface area contributed by atoms with Crippen LogP contribution >= 0.6 is 15.9 Å². The third-order valence-electron chi connectivity index (χ3n) is 2.14. The lowest BCUT2D eigenvalue weighted by Gasteiger charge is -2.07. The van der Waals surface area contributed by atoms with Gasteiger partial charge in [-0.2, -0.15) is 0 Å². The zero-order valence-corrected chi connectivity index (χ0v) is 10.3. The summed E-state index contributed by atoms with van der Waals surface area (Å²) in [6.45, 7) is 0. The topological polar surface area (TPSA) is 29.5 Å². The van der Waals surface area contributed by atoms with Crippen molar-refractivity contribution in [2.24, 2.45) is 0 Å². The number of carbonyl (C=O) groups is 1. The number of rotatable bonds is 1. The van der Waals surface area contributed by atoms with Gasteiger partial charge in [-0.05, 0) is 28.1 Å². The van der Waals surface area contributed by atoms with Gasteiger partial charge in [0.05, 0.1) is 15.6 Å². The molecule has 0 N–H and O–H groups in total. The molecule has 0 saturated carbocycles. The molecule has 3 nitrogen and oxygen atoms in total. The molecule has 0 amide bonds. The van der Waals surface area contributed by atoms with Crippen LogP contribution in [-0.4, -0.2) is 25.0 Å². The first-order chi connectivity index (χ1) is 7.50. The molecule has 16 heavy (non-hydrogen) atoms. The Morgan fingerprint density at radius 2 is 2.12 bits per heavy atom. The molecule has 5 heteroatoms. The smallest absolute Gasteiger partial charge is 0.344 e. The molecule has 1 heterocycles. The minimum absolute atomic E-state index is 0.216. The number of benzene rings is 1. The minimum Gasteiger partial charge on any atom is -0.421 e. The Morgan fingerprint density at radius 1 is 1.44 bits per heavy atom. The Hall–Kier alpha value is -1.36. The van der Waals surface area contributed by atoms with E-state index in [1.165, 1.54) is 6.07 Å². The van der Waals surface area contributed by atoms with Gasteiger partial charge in [0.25, 0.3) is 0 Å². The Balaban J connectivity index is 2.64. The largest absolute Gasteiger partial charge is 0.421 e. The number of hydrogen-bond donors (Lipinski definition) is 0. The zero-order chi connectivity index (χ0) is 11.9. The fraction of sp³-hybridized carbons (Fsp3) is 0.182. The summed E-state index contributed by atoms with van der Waals surface area (Å²) in [4.78, 5) is 13.1. The fourth-order valence-electron chi connectivity index (χ4n) is 1.49. The Labute approximate surface area is 101 Å². The van der Waals surface area contributed by atoms with Crippen LogP contribution in [0.15, 0.2) is 22.8 Å². The summed E-state index contributed by atoms with van der Waals surface area (Å²) in [6.07, 6.45) is 1.57. The highest BCUT2D eigenvalue weighted by atomic mass is 79.9. The predicted molar refractivity (Wildman–Crippen MR) is 61.2 cm³/mol. The van der Waals surface area contributed by atoms with Gasteiger partial charge in [0, 0.05) is 20.3 Å². The number of esters is 1. The van der Waals surface area contributed by atoms with E-state index in [0.717, 1.165) is 0 Å². The number of hydrogen-bond acceptors (Lipinski definition) is 3. The number of fused-ring (bicyclic) bond motifs is 1. The molecule has 1 aliphatic heterocycles. The number of cyclic esters (lactones) is 1. The van der Waals surface area contributed by atoms with E-state index >= 15 is 0 Å². The molecule has 0 unspecified atom stereocenters. The summed E-state index contributed by atoms with van der Waals surface area (Å²) in [5.74, 6) is -0.755. The molecule has 0 atom stereocenters. The maximum Gasteiger partial charge on any atom is 0.344 e. The number of halogens is 2. The van der Waals surface area contributed by atoms with Crippen molar-refractivity contribution in [2.45, 2.75) is 0 Å². The third-order valence-corrected chi connectivity index (χ3v) is 2.75. The van der Waals surface area contributed by atoms with Crippen molar-refractivity contribution in [3.63, 3.8) is 0 Å². The monoisotopic (exact) mass is 285 g/mol. The van der Waals surface area contributed by atoms with Crippen molar-refractivity contribution >= 4 is 27.7 Å². The van der Waals surface area contributed by atoms with Crippen molar-refractivity contribution < 1.29 is 13.9 Å². The average molecular weight is 286 g/mol. The van der Waals surface area contributed by atoms with E-state index in [2.05, 4.69) is 15.9 Å². The minimum atomic E-state index is -0.519. The predicted octanol–water partition coefficient (Wildman–Crippen LogP) is 2.62. The van der Waals surface area contributed by atoms with Gasteiger partial charge in [-0.1, -0.05) is 0 Å². The Morgan fingerprint density at radius 3 is 2.75 bits per heavy atom. The lowest BCUT2D eigenvalue weighted by Crippen LogP contribution is -2.03. The molecule has 0 spiro atoms. The molecule has 0 radical (unpaired) electrons. The normalized spacial score (nSPS) is 16.2. The van der Waals surface area contributed by atoms with Crippen LogP contribution in [0, 0.1) is 5.82 Å². The molecule has 1 aromatic rings. The first-order valence-corrected chi connectivity index (χ1v) is 5.39. The van der Waals surface area contributed by atoms with Gasteiger partial charge < -0.3 is 9.64 Å². The highest BCUT2D eigenvalue weighted by molar-refractivity contribution is 9.10. The lowest BCUT2D eigenvalue weighted by molar-refractivity contribution is 0.0714. The molecule has 1 aliphatic rings. The van der Waals surface area contributed by atoms with E-state index in [1.807, 2.05) is 0 Å². The molecular weight excluding hydrogens is 277 g/mol.